The second kappa shape index (κ2) is 5.00. The summed E-state index contributed by atoms with van der Waals surface area (Å²) >= 11 is 0. The minimum atomic E-state index is -0.473. The molecule has 0 N–H and O–H groups in total. The van der Waals surface area contributed by atoms with Crippen LogP contribution in [0.1, 0.15) is 16.9 Å². The SMILES string of the molecule is COc1nccnc1C(=O)CC1OCCO1. The summed E-state index contributed by atoms with van der Waals surface area (Å²) in [4.78, 5) is 19.7. The molecule has 6 nitrogen and oxygen atoms in total. The fourth-order valence-electron chi connectivity index (χ4n) is 1.44. The molecule has 0 atom stereocenters. The number of ether oxygens (including phenoxy) is 3. The molecule has 0 bridgehead atoms. The third-order valence-electron chi connectivity index (χ3n) is 2.17. The Morgan fingerprint density at radius 1 is 1.44 bits per heavy atom. The number of hydrogen-bond donors (Lipinski definition) is 0. The van der Waals surface area contributed by atoms with Crippen LogP contribution in [0.4, 0.5) is 0 Å². The lowest BCUT2D eigenvalue weighted by Gasteiger charge is -2.08. The van der Waals surface area contributed by atoms with Gasteiger partial charge in [0.05, 0.1) is 26.7 Å². The van der Waals surface area contributed by atoms with E-state index in [-0.39, 0.29) is 23.8 Å². The highest BCUT2D eigenvalue weighted by Crippen LogP contribution is 2.16. The van der Waals surface area contributed by atoms with Gasteiger partial charge in [-0.1, -0.05) is 0 Å². The van der Waals surface area contributed by atoms with Gasteiger partial charge in [0.15, 0.2) is 17.8 Å². The number of hydrogen-bond acceptors (Lipinski definition) is 6. The number of rotatable bonds is 4. The van der Waals surface area contributed by atoms with E-state index in [0.717, 1.165) is 0 Å². The molecule has 0 saturated carbocycles. The summed E-state index contributed by atoms with van der Waals surface area (Å²) in [5, 5.41) is 0. The highest BCUT2D eigenvalue weighted by molar-refractivity contribution is 5.96. The van der Waals surface area contributed by atoms with Gasteiger partial charge in [0.2, 0.25) is 5.88 Å². The summed E-state index contributed by atoms with van der Waals surface area (Å²) < 4.78 is 15.3. The van der Waals surface area contributed by atoms with Crippen molar-refractivity contribution in [1.29, 1.82) is 0 Å². The van der Waals surface area contributed by atoms with Gasteiger partial charge in [0.25, 0.3) is 0 Å². The molecule has 0 amide bonds. The number of carbonyl (C=O) groups excluding carboxylic acids is 1. The molecule has 1 aliphatic heterocycles. The van der Waals surface area contributed by atoms with Gasteiger partial charge < -0.3 is 14.2 Å². The van der Waals surface area contributed by atoms with Crippen molar-refractivity contribution in [3.63, 3.8) is 0 Å². The van der Waals surface area contributed by atoms with Crippen molar-refractivity contribution in [2.45, 2.75) is 12.7 Å². The molecule has 86 valence electrons. The Balaban J connectivity index is 2.07. The van der Waals surface area contributed by atoms with Crippen LogP contribution < -0.4 is 4.74 Å². The maximum atomic E-state index is 11.8. The van der Waals surface area contributed by atoms with Gasteiger partial charge in [-0.05, 0) is 0 Å². The third-order valence-corrected chi connectivity index (χ3v) is 2.17. The Labute approximate surface area is 92.6 Å². The molecular weight excluding hydrogens is 212 g/mol. The highest BCUT2D eigenvalue weighted by Gasteiger charge is 2.23. The predicted molar refractivity (Wildman–Crippen MR) is 53.2 cm³/mol. The van der Waals surface area contributed by atoms with Crippen LogP contribution in [-0.2, 0) is 9.47 Å². The zero-order chi connectivity index (χ0) is 11.4. The third kappa shape index (κ3) is 2.34. The predicted octanol–water partition coefficient (Wildman–Crippen LogP) is 0.431. The molecule has 0 aromatic carbocycles. The Hall–Kier alpha value is -1.53. The summed E-state index contributed by atoms with van der Waals surface area (Å²) in [6, 6.07) is 0. The van der Waals surface area contributed by atoms with E-state index in [2.05, 4.69) is 9.97 Å². The van der Waals surface area contributed by atoms with Crippen molar-refractivity contribution in [3.8, 4) is 5.88 Å². The molecule has 0 spiro atoms. The Bertz CT molecular complexity index is 377. The van der Waals surface area contributed by atoms with Gasteiger partial charge in [0.1, 0.15) is 0 Å². The molecular formula is C10H12N2O4. The maximum absolute atomic E-state index is 11.8. The van der Waals surface area contributed by atoms with Crippen LogP contribution in [0.3, 0.4) is 0 Å². The molecule has 1 aliphatic rings. The van der Waals surface area contributed by atoms with E-state index >= 15 is 0 Å². The number of carbonyl (C=O) groups is 1. The quantitative estimate of drug-likeness (QED) is 0.691. The summed E-state index contributed by atoms with van der Waals surface area (Å²) in [6.07, 6.45) is 2.58. The van der Waals surface area contributed by atoms with E-state index in [0.29, 0.717) is 13.2 Å². The first-order chi connectivity index (χ1) is 7.81. The molecule has 1 aromatic rings. The number of methoxy groups -OCH3 is 1. The lowest BCUT2D eigenvalue weighted by molar-refractivity contribution is -0.0408. The lowest BCUT2D eigenvalue weighted by atomic mass is 10.2. The molecule has 0 radical (unpaired) electrons. The highest BCUT2D eigenvalue weighted by atomic mass is 16.7. The Morgan fingerprint density at radius 3 is 2.81 bits per heavy atom. The van der Waals surface area contributed by atoms with Crippen molar-refractivity contribution in [1.82, 2.24) is 9.97 Å². The van der Waals surface area contributed by atoms with Crippen molar-refractivity contribution in [3.05, 3.63) is 18.1 Å². The molecule has 0 unspecified atom stereocenters. The van der Waals surface area contributed by atoms with Crippen LogP contribution in [0.25, 0.3) is 0 Å². The standard InChI is InChI=1S/C10H12N2O4/c1-14-10-9(11-2-3-12-10)7(13)6-8-15-4-5-16-8/h2-3,8H,4-6H2,1H3. The normalized spacial score (nSPS) is 16.3. The molecule has 2 heterocycles. The van der Waals surface area contributed by atoms with Crippen LogP contribution in [0.5, 0.6) is 5.88 Å². The minimum absolute atomic E-state index is 0.134. The summed E-state index contributed by atoms with van der Waals surface area (Å²) in [6.45, 7) is 1.05. The smallest absolute Gasteiger partial charge is 0.243 e. The molecule has 0 aliphatic carbocycles. The number of Topliss-reactive ketones (excluding diaryl/α,β-unsaturated/α-hetero) is 1. The van der Waals surface area contributed by atoms with E-state index < -0.39 is 6.29 Å². The molecule has 1 fully saturated rings. The fraction of sp³-hybridized carbons (Fsp3) is 0.500. The topological polar surface area (TPSA) is 70.5 Å². The average molecular weight is 224 g/mol. The number of ketones is 1. The summed E-state index contributed by atoms with van der Waals surface area (Å²) in [7, 11) is 1.45. The zero-order valence-electron chi connectivity index (χ0n) is 8.88. The Morgan fingerprint density at radius 2 is 2.12 bits per heavy atom. The van der Waals surface area contributed by atoms with Crippen LogP contribution >= 0.6 is 0 Å². The van der Waals surface area contributed by atoms with Crippen LogP contribution in [0.2, 0.25) is 0 Å². The van der Waals surface area contributed by atoms with E-state index in [1.54, 1.807) is 0 Å². The molecule has 6 heteroatoms. The lowest BCUT2D eigenvalue weighted by Crippen LogP contribution is -2.16. The second-order valence-corrected chi connectivity index (χ2v) is 3.21. The summed E-state index contributed by atoms with van der Waals surface area (Å²) in [5.74, 6) is 0.0300. The van der Waals surface area contributed by atoms with E-state index in [4.69, 9.17) is 14.2 Å². The second-order valence-electron chi connectivity index (χ2n) is 3.21. The molecule has 16 heavy (non-hydrogen) atoms. The Kier molecular flexibility index (Phi) is 3.43. The van der Waals surface area contributed by atoms with Crippen molar-refractivity contribution in [2.75, 3.05) is 20.3 Å². The fourth-order valence-corrected chi connectivity index (χ4v) is 1.44. The molecule has 2 rings (SSSR count). The van der Waals surface area contributed by atoms with Crippen LogP contribution in [0.15, 0.2) is 12.4 Å². The average Bonchev–Trinajstić information content (AvgIpc) is 2.81. The van der Waals surface area contributed by atoms with Gasteiger partial charge in [-0.15, -0.1) is 0 Å². The number of nitrogens with zero attached hydrogens (tertiary/aromatic N) is 2. The first kappa shape index (κ1) is 11.0. The van der Waals surface area contributed by atoms with E-state index in [1.807, 2.05) is 0 Å². The van der Waals surface area contributed by atoms with Gasteiger partial charge in [-0.2, -0.15) is 0 Å². The van der Waals surface area contributed by atoms with Gasteiger partial charge >= 0.3 is 0 Å². The first-order valence-corrected chi connectivity index (χ1v) is 4.92. The minimum Gasteiger partial charge on any atom is -0.479 e. The van der Waals surface area contributed by atoms with Crippen LogP contribution in [-0.4, -0.2) is 42.4 Å². The monoisotopic (exact) mass is 224 g/mol. The van der Waals surface area contributed by atoms with Gasteiger partial charge in [-0.25, -0.2) is 9.97 Å². The van der Waals surface area contributed by atoms with E-state index in [1.165, 1.54) is 19.5 Å². The van der Waals surface area contributed by atoms with Crippen molar-refractivity contribution >= 4 is 5.78 Å². The maximum Gasteiger partial charge on any atom is 0.243 e. The number of aromatic nitrogens is 2. The van der Waals surface area contributed by atoms with E-state index in [9.17, 15) is 4.79 Å². The largest absolute Gasteiger partial charge is 0.479 e. The van der Waals surface area contributed by atoms with Gasteiger partial charge in [-0.3, -0.25) is 4.79 Å². The zero-order valence-corrected chi connectivity index (χ0v) is 8.88. The van der Waals surface area contributed by atoms with Crippen molar-refractivity contribution in [2.24, 2.45) is 0 Å². The summed E-state index contributed by atoms with van der Waals surface area (Å²) in [5.41, 5.74) is 0.212. The van der Waals surface area contributed by atoms with Crippen LogP contribution in [0, 0.1) is 0 Å². The first-order valence-electron chi connectivity index (χ1n) is 4.92. The molecule has 1 aromatic heterocycles. The van der Waals surface area contributed by atoms with Crippen molar-refractivity contribution < 1.29 is 19.0 Å². The molecule has 1 saturated heterocycles. The van der Waals surface area contributed by atoms with Gasteiger partial charge in [0, 0.05) is 12.4 Å².